The van der Waals surface area contributed by atoms with E-state index >= 15 is 0 Å². The number of nitrogens with one attached hydrogen (secondary N) is 1. The Balaban J connectivity index is 2.63. The maximum Gasteiger partial charge on any atom is 0.244 e. The van der Waals surface area contributed by atoms with Crippen LogP contribution >= 0.6 is 0 Å². The van der Waals surface area contributed by atoms with Gasteiger partial charge in [-0.1, -0.05) is 0 Å². The molecule has 0 saturated heterocycles. The van der Waals surface area contributed by atoms with Gasteiger partial charge in [0, 0.05) is 26.6 Å². The second kappa shape index (κ2) is 7.54. The van der Waals surface area contributed by atoms with Crippen LogP contribution in [0.15, 0.2) is 18.2 Å². The van der Waals surface area contributed by atoms with Crippen molar-refractivity contribution in [2.24, 2.45) is 0 Å². The third-order valence-electron chi connectivity index (χ3n) is 2.55. The summed E-state index contributed by atoms with van der Waals surface area (Å²) < 4.78 is 30.9. The van der Waals surface area contributed by atoms with E-state index in [0.717, 1.165) is 12.1 Å². The lowest BCUT2D eigenvalue weighted by molar-refractivity contribution is -0.133. The summed E-state index contributed by atoms with van der Waals surface area (Å²) >= 11 is 0. The Morgan fingerprint density at radius 3 is 2.60 bits per heavy atom. The van der Waals surface area contributed by atoms with E-state index in [1.165, 1.54) is 18.9 Å². The zero-order valence-corrected chi connectivity index (χ0v) is 11.3. The number of anilines is 1. The first kappa shape index (κ1) is 16.0. The summed E-state index contributed by atoms with van der Waals surface area (Å²) in [6, 6.07) is 2.82. The lowest BCUT2D eigenvalue weighted by atomic mass is 10.3. The Hall–Kier alpha value is -2.02. The summed E-state index contributed by atoms with van der Waals surface area (Å²) in [5, 5.41) is 2.28. The Bertz CT molecular complexity index is 495. The van der Waals surface area contributed by atoms with E-state index in [1.807, 2.05) is 0 Å². The second-order valence-corrected chi connectivity index (χ2v) is 4.11. The fourth-order valence-electron chi connectivity index (χ4n) is 1.50. The second-order valence-electron chi connectivity index (χ2n) is 4.11. The molecule has 0 aliphatic carbocycles. The van der Waals surface area contributed by atoms with Crippen molar-refractivity contribution in [2.75, 3.05) is 32.1 Å². The first-order chi connectivity index (χ1) is 9.43. The largest absolute Gasteiger partial charge is 0.383 e. The van der Waals surface area contributed by atoms with Gasteiger partial charge in [-0.25, -0.2) is 8.78 Å². The summed E-state index contributed by atoms with van der Waals surface area (Å²) in [7, 11) is 1.48. The predicted molar refractivity (Wildman–Crippen MR) is 69.1 cm³/mol. The average molecular weight is 286 g/mol. The van der Waals surface area contributed by atoms with Gasteiger partial charge in [-0.2, -0.15) is 0 Å². The summed E-state index contributed by atoms with van der Waals surface area (Å²) in [5.41, 5.74) is -0.133. The minimum absolute atomic E-state index is 0.133. The van der Waals surface area contributed by atoms with Crippen LogP contribution in [0.1, 0.15) is 6.92 Å². The van der Waals surface area contributed by atoms with Gasteiger partial charge >= 0.3 is 0 Å². The van der Waals surface area contributed by atoms with E-state index in [2.05, 4.69) is 5.32 Å². The summed E-state index contributed by atoms with van der Waals surface area (Å²) in [4.78, 5) is 24.3. The molecule has 1 aromatic carbocycles. The smallest absolute Gasteiger partial charge is 0.244 e. The van der Waals surface area contributed by atoms with Crippen molar-refractivity contribution in [3.05, 3.63) is 29.8 Å². The monoisotopic (exact) mass is 286 g/mol. The molecule has 1 N–H and O–H groups in total. The molecule has 2 amide bonds. The van der Waals surface area contributed by atoms with Crippen molar-refractivity contribution in [3.63, 3.8) is 0 Å². The van der Waals surface area contributed by atoms with E-state index < -0.39 is 17.5 Å². The molecular formula is C13H16F2N2O3. The molecule has 0 fully saturated rings. The fourth-order valence-corrected chi connectivity index (χ4v) is 1.50. The van der Waals surface area contributed by atoms with Gasteiger partial charge in [-0.05, 0) is 12.1 Å². The Labute approximate surface area is 115 Å². The number of halogens is 2. The number of methoxy groups -OCH3 is 1. The molecule has 0 aromatic heterocycles. The Morgan fingerprint density at radius 2 is 2.05 bits per heavy atom. The highest BCUT2D eigenvalue weighted by Crippen LogP contribution is 2.14. The van der Waals surface area contributed by atoms with Crippen LogP contribution in [-0.4, -0.2) is 43.5 Å². The average Bonchev–Trinajstić information content (AvgIpc) is 2.37. The van der Waals surface area contributed by atoms with Crippen molar-refractivity contribution in [2.45, 2.75) is 6.92 Å². The van der Waals surface area contributed by atoms with Gasteiger partial charge in [0.25, 0.3) is 0 Å². The van der Waals surface area contributed by atoms with E-state index in [1.54, 1.807) is 0 Å². The number of carbonyl (C=O) groups is 2. The Kier molecular flexibility index (Phi) is 6.05. The van der Waals surface area contributed by atoms with Crippen molar-refractivity contribution in [1.29, 1.82) is 0 Å². The molecule has 5 nitrogen and oxygen atoms in total. The quantitative estimate of drug-likeness (QED) is 0.860. The van der Waals surface area contributed by atoms with Crippen molar-refractivity contribution in [1.82, 2.24) is 4.90 Å². The molecule has 7 heteroatoms. The van der Waals surface area contributed by atoms with E-state index in [0.29, 0.717) is 6.07 Å². The normalized spacial score (nSPS) is 10.2. The minimum Gasteiger partial charge on any atom is -0.383 e. The van der Waals surface area contributed by atoms with Gasteiger partial charge in [-0.3, -0.25) is 9.59 Å². The highest BCUT2D eigenvalue weighted by Gasteiger charge is 2.14. The molecule has 0 aliphatic rings. The molecule has 1 aromatic rings. The lowest BCUT2D eigenvalue weighted by Gasteiger charge is -2.20. The first-order valence-corrected chi connectivity index (χ1v) is 5.93. The predicted octanol–water partition coefficient (Wildman–Crippen LogP) is 1.40. The highest BCUT2D eigenvalue weighted by atomic mass is 19.1. The number of rotatable bonds is 6. The van der Waals surface area contributed by atoms with Crippen molar-refractivity contribution in [3.8, 4) is 0 Å². The maximum atomic E-state index is 13.4. The number of carbonyl (C=O) groups excluding carboxylic acids is 2. The number of benzene rings is 1. The Morgan fingerprint density at radius 1 is 1.35 bits per heavy atom. The molecular weight excluding hydrogens is 270 g/mol. The van der Waals surface area contributed by atoms with E-state index in [-0.39, 0.29) is 31.3 Å². The van der Waals surface area contributed by atoms with Gasteiger partial charge in [0.05, 0.1) is 18.8 Å². The molecule has 0 spiro atoms. The highest BCUT2D eigenvalue weighted by molar-refractivity contribution is 5.94. The van der Waals surface area contributed by atoms with Crippen molar-refractivity contribution < 1.29 is 23.1 Å². The molecule has 20 heavy (non-hydrogen) atoms. The molecule has 0 saturated carbocycles. The molecule has 1 rings (SSSR count). The zero-order chi connectivity index (χ0) is 15.1. The van der Waals surface area contributed by atoms with Crippen molar-refractivity contribution >= 4 is 17.5 Å². The maximum absolute atomic E-state index is 13.4. The summed E-state index contributed by atoms with van der Waals surface area (Å²) in [6.07, 6.45) is 0. The number of amides is 2. The van der Waals surface area contributed by atoms with Gasteiger partial charge in [-0.15, -0.1) is 0 Å². The van der Waals surface area contributed by atoms with Crippen LogP contribution in [0.4, 0.5) is 14.5 Å². The van der Waals surface area contributed by atoms with Crippen LogP contribution in [0.2, 0.25) is 0 Å². The lowest BCUT2D eigenvalue weighted by Crippen LogP contribution is -2.38. The van der Waals surface area contributed by atoms with Crippen LogP contribution in [-0.2, 0) is 14.3 Å². The molecule has 0 radical (unpaired) electrons. The van der Waals surface area contributed by atoms with Crippen LogP contribution < -0.4 is 5.32 Å². The van der Waals surface area contributed by atoms with E-state index in [9.17, 15) is 18.4 Å². The third-order valence-corrected chi connectivity index (χ3v) is 2.55. The third kappa shape index (κ3) is 4.93. The molecule has 0 bridgehead atoms. The number of nitrogens with zero attached hydrogens (tertiary/aromatic N) is 1. The van der Waals surface area contributed by atoms with Gasteiger partial charge < -0.3 is 15.0 Å². The van der Waals surface area contributed by atoms with E-state index in [4.69, 9.17) is 4.74 Å². The molecule has 110 valence electrons. The van der Waals surface area contributed by atoms with Gasteiger partial charge in [0.15, 0.2) is 0 Å². The molecule has 0 heterocycles. The molecule has 0 aliphatic heterocycles. The zero-order valence-electron chi connectivity index (χ0n) is 11.3. The van der Waals surface area contributed by atoms with Gasteiger partial charge in [0.1, 0.15) is 11.6 Å². The van der Waals surface area contributed by atoms with Crippen LogP contribution in [0.25, 0.3) is 0 Å². The summed E-state index contributed by atoms with van der Waals surface area (Å²) in [5.74, 6) is -2.46. The van der Waals surface area contributed by atoms with Crippen LogP contribution in [0.5, 0.6) is 0 Å². The topological polar surface area (TPSA) is 58.6 Å². The molecule has 0 atom stereocenters. The molecule has 0 unspecified atom stereocenters. The summed E-state index contributed by atoms with van der Waals surface area (Å²) in [6.45, 7) is 1.64. The van der Waals surface area contributed by atoms with Gasteiger partial charge in [0.2, 0.25) is 11.8 Å². The first-order valence-electron chi connectivity index (χ1n) is 5.93. The fraction of sp³-hybridized carbons (Fsp3) is 0.385. The minimum atomic E-state index is -0.871. The van der Waals surface area contributed by atoms with Crippen LogP contribution in [0, 0.1) is 11.6 Å². The number of hydrogen-bond acceptors (Lipinski definition) is 3. The van der Waals surface area contributed by atoms with Crippen LogP contribution in [0.3, 0.4) is 0 Å². The number of hydrogen-bond donors (Lipinski definition) is 1. The standard InChI is InChI=1S/C13H16F2N2O3/c1-9(18)17(5-6-20-2)8-13(19)16-12-4-3-10(14)7-11(12)15/h3-4,7H,5-6,8H2,1-2H3,(H,16,19). The SMILES string of the molecule is COCCN(CC(=O)Nc1ccc(F)cc1F)C(C)=O. The number of ether oxygens (including phenoxy) is 1.